The SMILES string of the molecule is COc1cccc(N2C(=O)C[C@@H](N(O)[C@H]3CC(=O)N(c4cccc(OC)c4)C3=O)C2=O)c1. The van der Waals surface area contributed by atoms with Gasteiger partial charge in [-0.15, -0.1) is 0 Å². The van der Waals surface area contributed by atoms with Crippen molar-refractivity contribution in [2.75, 3.05) is 24.0 Å². The van der Waals surface area contributed by atoms with Crippen LogP contribution in [0.2, 0.25) is 0 Å². The maximum atomic E-state index is 13.0. The molecule has 4 amide bonds. The molecule has 2 aliphatic rings. The van der Waals surface area contributed by atoms with Gasteiger partial charge in [-0.25, -0.2) is 9.80 Å². The van der Waals surface area contributed by atoms with Crippen molar-refractivity contribution < 1.29 is 33.9 Å². The van der Waals surface area contributed by atoms with Crippen molar-refractivity contribution >= 4 is 35.0 Å². The summed E-state index contributed by atoms with van der Waals surface area (Å²) in [6.45, 7) is 0. The number of benzene rings is 2. The topological polar surface area (TPSA) is 117 Å². The van der Waals surface area contributed by atoms with Gasteiger partial charge in [0, 0.05) is 12.1 Å². The lowest BCUT2D eigenvalue weighted by molar-refractivity contribution is -0.172. The fourth-order valence-electron chi connectivity index (χ4n) is 3.90. The van der Waals surface area contributed by atoms with Gasteiger partial charge in [0.1, 0.15) is 23.6 Å². The largest absolute Gasteiger partial charge is 0.497 e. The molecule has 0 saturated carbocycles. The monoisotopic (exact) mass is 439 g/mol. The standard InChI is InChI=1S/C22H21N3O7/c1-31-15-7-3-5-13(9-15)23-19(26)11-17(21(23)28)25(30)18-12-20(27)24(22(18)29)14-6-4-8-16(10-14)32-2/h3-10,17-18,30H,11-12H2,1-2H3/t17-,18+. The number of amides is 4. The van der Waals surface area contributed by atoms with Gasteiger partial charge in [-0.2, -0.15) is 5.06 Å². The van der Waals surface area contributed by atoms with Crippen LogP contribution in [0.1, 0.15) is 12.8 Å². The molecule has 2 aromatic rings. The summed E-state index contributed by atoms with van der Waals surface area (Å²) < 4.78 is 10.3. The van der Waals surface area contributed by atoms with E-state index >= 15 is 0 Å². The number of hydrogen-bond acceptors (Lipinski definition) is 8. The third kappa shape index (κ3) is 3.59. The van der Waals surface area contributed by atoms with E-state index in [-0.39, 0.29) is 12.8 Å². The molecule has 32 heavy (non-hydrogen) atoms. The first-order valence-electron chi connectivity index (χ1n) is 9.84. The molecule has 10 nitrogen and oxygen atoms in total. The smallest absolute Gasteiger partial charge is 0.254 e. The molecule has 0 aromatic heterocycles. The predicted molar refractivity (Wildman–Crippen MR) is 111 cm³/mol. The summed E-state index contributed by atoms with van der Waals surface area (Å²) in [5, 5.41) is 11.3. The van der Waals surface area contributed by atoms with Crippen LogP contribution in [0.4, 0.5) is 11.4 Å². The van der Waals surface area contributed by atoms with Crippen molar-refractivity contribution in [2.24, 2.45) is 0 Å². The van der Waals surface area contributed by atoms with E-state index in [1.165, 1.54) is 26.4 Å². The molecule has 0 unspecified atom stereocenters. The molecule has 2 aromatic carbocycles. The Hall–Kier alpha value is -3.76. The van der Waals surface area contributed by atoms with Crippen molar-refractivity contribution in [2.45, 2.75) is 24.9 Å². The predicted octanol–water partition coefficient (Wildman–Crippen LogP) is 1.36. The summed E-state index contributed by atoms with van der Waals surface area (Å²) in [5.41, 5.74) is 0.587. The third-order valence-electron chi connectivity index (χ3n) is 5.51. The highest BCUT2D eigenvalue weighted by molar-refractivity contribution is 6.24. The van der Waals surface area contributed by atoms with E-state index in [4.69, 9.17) is 9.47 Å². The number of methoxy groups -OCH3 is 2. The molecule has 0 bridgehead atoms. The molecule has 10 heteroatoms. The number of rotatable bonds is 6. The van der Waals surface area contributed by atoms with Crippen LogP contribution in [0.15, 0.2) is 48.5 Å². The van der Waals surface area contributed by atoms with E-state index < -0.39 is 35.7 Å². The van der Waals surface area contributed by atoms with E-state index in [1.807, 2.05) is 0 Å². The van der Waals surface area contributed by atoms with Crippen LogP contribution in [0, 0.1) is 0 Å². The van der Waals surface area contributed by atoms with E-state index in [2.05, 4.69) is 0 Å². The van der Waals surface area contributed by atoms with Crippen LogP contribution < -0.4 is 19.3 Å². The number of hydrogen-bond donors (Lipinski definition) is 1. The molecular formula is C22H21N3O7. The van der Waals surface area contributed by atoms with E-state index in [0.29, 0.717) is 27.9 Å². The first kappa shape index (κ1) is 21.5. The van der Waals surface area contributed by atoms with E-state index in [1.54, 1.807) is 36.4 Å². The molecule has 2 atom stereocenters. The van der Waals surface area contributed by atoms with Crippen molar-refractivity contribution in [3.05, 3.63) is 48.5 Å². The molecule has 166 valence electrons. The Balaban J connectivity index is 1.56. The lowest BCUT2D eigenvalue weighted by atomic mass is 10.1. The molecule has 0 radical (unpaired) electrons. The maximum Gasteiger partial charge on any atom is 0.254 e. The molecule has 0 aliphatic carbocycles. The van der Waals surface area contributed by atoms with Crippen LogP contribution in [0.25, 0.3) is 0 Å². The molecule has 4 rings (SSSR count). The minimum Gasteiger partial charge on any atom is -0.497 e. The van der Waals surface area contributed by atoms with Crippen LogP contribution in [-0.4, -0.2) is 60.2 Å². The molecule has 2 saturated heterocycles. The van der Waals surface area contributed by atoms with E-state index in [9.17, 15) is 24.4 Å². The lowest BCUT2D eigenvalue weighted by Gasteiger charge is -2.25. The minimum atomic E-state index is -1.29. The second-order valence-corrected chi connectivity index (χ2v) is 7.36. The summed E-state index contributed by atoms with van der Waals surface area (Å²) in [5.74, 6) is -1.53. The normalized spacial score (nSPS) is 21.1. The van der Waals surface area contributed by atoms with Gasteiger partial charge in [-0.1, -0.05) is 12.1 Å². The van der Waals surface area contributed by atoms with Gasteiger partial charge in [0.2, 0.25) is 11.8 Å². The molecule has 0 spiro atoms. The summed E-state index contributed by atoms with van der Waals surface area (Å²) in [6.07, 6.45) is -0.659. The molecule has 2 aliphatic heterocycles. The number of ether oxygens (including phenoxy) is 2. The zero-order chi connectivity index (χ0) is 23.0. The van der Waals surface area contributed by atoms with Gasteiger partial charge >= 0.3 is 0 Å². The zero-order valence-electron chi connectivity index (χ0n) is 17.4. The number of nitrogens with zero attached hydrogens (tertiary/aromatic N) is 3. The Morgan fingerprint density at radius 1 is 0.781 bits per heavy atom. The van der Waals surface area contributed by atoms with Crippen LogP contribution in [0.5, 0.6) is 11.5 Å². The fraction of sp³-hybridized carbons (Fsp3) is 0.273. The summed E-state index contributed by atoms with van der Waals surface area (Å²) in [7, 11) is 2.92. The number of imide groups is 2. The number of carbonyl (C=O) groups is 4. The highest BCUT2D eigenvalue weighted by atomic mass is 16.5. The van der Waals surface area contributed by atoms with E-state index in [0.717, 1.165) is 9.80 Å². The van der Waals surface area contributed by atoms with Crippen LogP contribution >= 0.6 is 0 Å². The number of anilines is 2. The Labute approximate surface area is 183 Å². The minimum absolute atomic E-state index is 0.294. The summed E-state index contributed by atoms with van der Waals surface area (Å²) >= 11 is 0. The fourth-order valence-corrected chi connectivity index (χ4v) is 3.90. The van der Waals surface area contributed by atoms with Crippen molar-refractivity contribution in [1.82, 2.24) is 5.06 Å². The quantitative estimate of drug-likeness (QED) is 0.530. The molecule has 2 heterocycles. The van der Waals surface area contributed by atoms with Gasteiger partial charge < -0.3 is 14.7 Å². The van der Waals surface area contributed by atoms with Crippen LogP contribution in [0.3, 0.4) is 0 Å². The van der Waals surface area contributed by atoms with Gasteiger partial charge in [-0.05, 0) is 24.3 Å². The second kappa shape index (κ2) is 8.40. The van der Waals surface area contributed by atoms with Gasteiger partial charge in [0.15, 0.2) is 0 Å². The third-order valence-corrected chi connectivity index (χ3v) is 5.51. The Kier molecular flexibility index (Phi) is 5.64. The Morgan fingerprint density at radius 2 is 1.19 bits per heavy atom. The second-order valence-electron chi connectivity index (χ2n) is 7.36. The van der Waals surface area contributed by atoms with Gasteiger partial charge in [-0.3, -0.25) is 19.2 Å². The average molecular weight is 439 g/mol. The first-order valence-corrected chi connectivity index (χ1v) is 9.84. The lowest BCUT2D eigenvalue weighted by Crippen LogP contribution is -2.49. The van der Waals surface area contributed by atoms with Gasteiger partial charge in [0.25, 0.3) is 11.8 Å². The molecule has 2 fully saturated rings. The Morgan fingerprint density at radius 3 is 1.56 bits per heavy atom. The number of hydroxylamine groups is 2. The first-order chi connectivity index (χ1) is 15.3. The van der Waals surface area contributed by atoms with Crippen molar-refractivity contribution in [3.63, 3.8) is 0 Å². The number of carbonyl (C=O) groups excluding carboxylic acids is 4. The van der Waals surface area contributed by atoms with Crippen molar-refractivity contribution in [3.8, 4) is 11.5 Å². The summed E-state index contributed by atoms with van der Waals surface area (Å²) in [6, 6.07) is 10.2. The molecular weight excluding hydrogens is 418 g/mol. The summed E-state index contributed by atoms with van der Waals surface area (Å²) in [4.78, 5) is 53.0. The highest BCUT2D eigenvalue weighted by Crippen LogP contribution is 2.32. The Bertz CT molecular complexity index is 1020. The maximum absolute atomic E-state index is 13.0. The van der Waals surface area contributed by atoms with Crippen LogP contribution in [-0.2, 0) is 19.2 Å². The zero-order valence-corrected chi connectivity index (χ0v) is 17.4. The highest BCUT2D eigenvalue weighted by Gasteiger charge is 2.50. The van der Waals surface area contributed by atoms with Crippen molar-refractivity contribution in [1.29, 1.82) is 0 Å². The van der Waals surface area contributed by atoms with Gasteiger partial charge in [0.05, 0.1) is 38.4 Å². The molecule has 1 N–H and O–H groups in total. The average Bonchev–Trinajstić information content (AvgIpc) is 3.27.